The molecule has 1 fully saturated rings. The first-order chi connectivity index (χ1) is 5.58. The Morgan fingerprint density at radius 1 is 1.58 bits per heavy atom. The van der Waals surface area contributed by atoms with Crippen LogP contribution in [0, 0.1) is 0 Å². The van der Waals surface area contributed by atoms with E-state index in [1.807, 2.05) is 0 Å². The van der Waals surface area contributed by atoms with Gasteiger partial charge in [0.15, 0.2) is 0 Å². The van der Waals surface area contributed by atoms with E-state index in [4.69, 9.17) is 4.74 Å². The first-order valence-corrected chi connectivity index (χ1v) is 5.72. The molecule has 1 unspecified atom stereocenters. The lowest BCUT2D eigenvalue weighted by Gasteiger charge is -2.21. The predicted molar refractivity (Wildman–Crippen MR) is 46.4 cm³/mol. The lowest BCUT2D eigenvalue weighted by atomic mass is 10.3. The Kier molecular flexibility index (Phi) is 3.09. The summed E-state index contributed by atoms with van der Waals surface area (Å²) >= 11 is 0. The van der Waals surface area contributed by atoms with Gasteiger partial charge in [-0.3, -0.25) is 0 Å². The van der Waals surface area contributed by atoms with E-state index < -0.39 is 10.0 Å². The van der Waals surface area contributed by atoms with Crippen LogP contribution in [0.25, 0.3) is 0 Å². The fraction of sp³-hybridized carbons (Fsp3) is 1.00. The van der Waals surface area contributed by atoms with Gasteiger partial charge in [-0.25, -0.2) is 8.42 Å². The summed E-state index contributed by atoms with van der Waals surface area (Å²) in [4.78, 5) is 0. The number of rotatable bonds is 3. The van der Waals surface area contributed by atoms with E-state index in [0.717, 1.165) is 6.42 Å². The molecule has 0 aliphatic carbocycles. The molecule has 12 heavy (non-hydrogen) atoms. The SMILES string of the molecule is CCS(=O)(=O)N(C)C1CCOC1. The molecule has 1 heterocycles. The van der Waals surface area contributed by atoms with Crippen LogP contribution in [0.4, 0.5) is 0 Å². The summed E-state index contributed by atoms with van der Waals surface area (Å²) < 4.78 is 29.3. The summed E-state index contributed by atoms with van der Waals surface area (Å²) in [6, 6.07) is 0.0509. The van der Waals surface area contributed by atoms with Crippen molar-refractivity contribution in [3.8, 4) is 0 Å². The second-order valence-electron chi connectivity index (χ2n) is 2.93. The highest BCUT2D eigenvalue weighted by Crippen LogP contribution is 2.13. The molecule has 0 aromatic carbocycles. The second-order valence-corrected chi connectivity index (χ2v) is 5.25. The van der Waals surface area contributed by atoms with Gasteiger partial charge < -0.3 is 4.74 Å². The van der Waals surface area contributed by atoms with Crippen LogP contribution in [0.2, 0.25) is 0 Å². The highest BCUT2D eigenvalue weighted by atomic mass is 32.2. The third-order valence-electron chi connectivity index (χ3n) is 2.22. The Labute approximate surface area is 73.6 Å². The lowest BCUT2D eigenvalue weighted by molar-refractivity contribution is 0.181. The van der Waals surface area contributed by atoms with Crippen LogP contribution in [0.15, 0.2) is 0 Å². The molecule has 0 saturated carbocycles. The summed E-state index contributed by atoms with van der Waals surface area (Å²) in [5.74, 6) is 0.167. The van der Waals surface area contributed by atoms with Gasteiger partial charge in [-0.05, 0) is 13.3 Å². The van der Waals surface area contributed by atoms with E-state index in [0.29, 0.717) is 13.2 Å². The normalized spacial score (nSPS) is 25.1. The fourth-order valence-corrected chi connectivity index (χ4v) is 2.27. The standard InChI is InChI=1S/C7H15NO3S/c1-3-12(9,10)8(2)7-4-5-11-6-7/h7H,3-6H2,1-2H3. The van der Waals surface area contributed by atoms with Gasteiger partial charge in [-0.2, -0.15) is 4.31 Å². The average molecular weight is 193 g/mol. The summed E-state index contributed by atoms with van der Waals surface area (Å²) in [7, 11) is -1.41. The minimum atomic E-state index is -3.03. The molecule has 1 aliphatic rings. The number of ether oxygens (including phenoxy) is 1. The number of nitrogens with zero attached hydrogens (tertiary/aromatic N) is 1. The Bertz CT molecular complexity index is 231. The first kappa shape index (κ1) is 9.95. The molecule has 0 aromatic heterocycles. The molecule has 0 spiro atoms. The first-order valence-electron chi connectivity index (χ1n) is 4.11. The molecular formula is C7H15NO3S. The smallest absolute Gasteiger partial charge is 0.213 e. The van der Waals surface area contributed by atoms with Gasteiger partial charge in [0.1, 0.15) is 0 Å². The molecule has 0 amide bonds. The van der Waals surface area contributed by atoms with Crippen molar-refractivity contribution in [3.05, 3.63) is 0 Å². The van der Waals surface area contributed by atoms with Gasteiger partial charge in [0.05, 0.1) is 18.4 Å². The van der Waals surface area contributed by atoms with Gasteiger partial charge in [-0.1, -0.05) is 0 Å². The summed E-state index contributed by atoms with van der Waals surface area (Å²) in [6.45, 7) is 2.87. The van der Waals surface area contributed by atoms with Crippen molar-refractivity contribution in [2.45, 2.75) is 19.4 Å². The van der Waals surface area contributed by atoms with E-state index in [1.165, 1.54) is 4.31 Å². The maximum absolute atomic E-state index is 11.4. The molecule has 5 heteroatoms. The topological polar surface area (TPSA) is 46.6 Å². The summed E-state index contributed by atoms with van der Waals surface area (Å²) in [5.41, 5.74) is 0. The number of likely N-dealkylation sites (N-methyl/N-ethyl adjacent to an activating group) is 1. The van der Waals surface area contributed by atoms with Crippen molar-refractivity contribution in [2.75, 3.05) is 26.0 Å². The molecule has 1 saturated heterocycles. The maximum atomic E-state index is 11.4. The highest BCUT2D eigenvalue weighted by molar-refractivity contribution is 7.89. The molecule has 1 rings (SSSR count). The zero-order valence-electron chi connectivity index (χ0n) is 7.49. The second kappa shape index (κ2) is 3.72. The largest absolute Gasteiger partial charge is 0.380 e. The highest BCUT2D eigenvalue weighted by Gasteiger charge is 2.27. The van der Waals surface area contributed by atoms with Crippen molar-refractivity contribution in [1.29, 1.82) is 0 Å². The van der Waals surface area contributed by atoms with Crippen LogP contribution in [-0.4, -0.2) is 44.8 Å². The maximum Gasteiger partial charge on any atom is 0.213 e. The van der Waals surface area contributed by atoms with Gasteiger partial charge >= 0.3 is 0 Å². The van der Waals surface area contributed by atoms with Gasteiger partial charge in [-0.15, -0.1) is 0 Å². The zero-order chi connectivity index (χ0) is 9.19. The van der Waals surface area contributed by atoms with Crippen molar-refractivity contribution >= 4 is 10.0 Å². The Morgan fingerprint density at radius 3 is 2.67 bits per heavy atom. The Morgan fingerprint density at radius 2 is 2.25 bits per heavy atom. The number of sulfonamides is 1. The molecule has 0 radical (unpaired) electrons. The van der Waals surface area contributed by atoms with E-state index in [-0.39, 0.29) is 11.8 Å². The van der Waals surface area contributed by atoms with Crippen LogP contribution in [-0.2, 0) is 14.8 Å². The van der Waals surface area contributed by atoms with E-state index >= 15 is 0 Å². The molecular weight excluding hydrogens is 178 g/mol. The molecule has 0 aromatic rings. The third kappa shape index (κ3) is 1.97. The molecule has 72 valence electrons. The molecule has 0 bridgehead atoms. The van der Waals surface area contributed by atoms with Crippen LogP contribution < -0.4 is 0 Å². The molecule has 1 atom stereocenters. The minimum Gasteiger partial charge on any atom is -0.380 e. The van der Waals surface area contributed by atoms with Crippen LogP contribution >= 0.6 is 0 Å². The number of hydrogen-bond donors (Lipinski definition) is 0. The van der Waals surface area contributed by atoms with E-state index in [1.54, 1.807) is 14.0 Å². The van der Waals surface area contributed by atoms with Crippen LogP contribution in [0.1, 0.15) is 13.3 Å². The van der Waals surface area contributed by atoms with Gasteiger partial charge in [0.25, 0.3) is 0 Å². The zero-order valence-corrected chi connectivity index (χ0v) is 8.30. The predicted octanol–water partition coefficient (Wildman–Crippen LogP) is 0.0568. The van der Waals surface area contributed by atoms with Crippen LogP contribution in [0.5, 0.6) is 0 Å². The lowest BCUT2D eigenvalue weighted by Crippen LogP contribution is -2.38. The quantitative estimate of drug-likeness (QED) is 0.636. The van der Waals surface area contributed by atoms with Gasteiger partial charge in [0.2, 0.25) is 10.0 Å². The molecule has 1 aliphatic heterocycles. The third-order valence-corrected chi connectivity index (χ3v) is 4.13. The van der Waals surface area contributed by atoms with Crippen molar-refractivity contribution in [2.24, 2.45) is 0 Å². The molecule has 4 nitrogen and oxygen atoms in total. The van der Waals surface area contributed by atoms with Crippen molar-refractivity contribution in [3.63, 3.8) is 0 Å². The summed E-state index contributed by atoms with van der Waals surface area (Å²) in [6.07, 6.45) is 0.815. The van der Waals surface area contributed by atoms with Crippen molar-refractivity contribution in [1.82, 2.24) is 4.31 Å². The van der Waals surface area contributed by atoms with Gasteiger partial charge in [0, 0.05) is 13.7 Å². The fourth-order valence-electron chi connectivity index (χ4n) is 1.24. The van der Waals surface area contributed by atoms with Crippen molar-refractivity contribution < 1.29 is 13.2 Å². The Balaban J connectivity index is 2.63. The average Bonchev–Trinajstić information content (AvgIpc) is 2.55. The van der Waals surface area contributed by atoms with E-state index in [9.17, 15) is 8.42 Å². The monoisotopic (exact) mass is 193 g/mol. The Hall–Kier alpha value is -0.130. The number of hydrogen-bond acceptors (Lipinski definition) is 3. The summed E-state index contributed by atoms with van der Waals surface area (Å²) in [5, 5.41) is 0. The molecule has 0 N–H and O–H groups in total. The van der Waals surface area contributed by atoms with Crippen LogP contribution in [0.3, 0.4) is 0 Å². The van der Waals surface area contributed by atoms with E-state index in [2.05, 4.69) is 0 Å². The minimum absolute atomic E-state index is 0.0509.